The molecular formula is C13H16FN3O. The molecule has 0 spiro atoms. The van der Waals surface area contributed by atoms with Crippen LogP contribution in [0, 0.1) is 5.82 Å². The summed E-state index contributed by atoms with van der Waals surface area (Å²) in [6, 6.07) is 1.19. The molecule has 0 atom stereocenters. The first-order chi connectivity index (χ1) is 8.75. The molecule has 0 unspecified atom stereocenters. The molecule has 0 saturated carbocycles. The lowest BCUT2D eigenvalue weighted by Gasteiger charge is -2.14. The maximum atomic E-state index is 12.9. The Morgan fingerprint density at radius 3 is 3.11 bits per heavy atom. The quantitative estimate of drug-likeness (QED) is 0.790. The van der Waals surface area contributed by atoms with E-state index in [0.29, 0.717) is 6.54 Å². The predicted octanol–water partition coefficient (Wildman–Crippen LogP) is 1.26. The summed E-state index contributed by atoms with van der Waals surface area (Å²) in [5.41, 5.74) is 1.61. The second-order valence-electron chi connectivity index (χ2n) is 4.21. The lowest BCUT2D eigenvalue weighted by atomic mass is 10.1. The molecule has 0 aromatic carbocycles. The SMILES string of the molecule is O=C(NCCC1=CCNCC1)c1cncc(F)c1. The molecule has 1 amide bonds. The highest BCUT2D eigenvalue weighted by Gasteiger charge is 2.07. The lowest BCUT2D eigenvalue weighted by molar-refractivity contribution is 0.0953. The maximum Gasteiger partial charge on any atom is 0.252 e. The zero-order chi connectivity index (χ0) is 12.8. The molecule has 5 heteroatoms. The van der Waals surface area contributed by atoms with E-state index in [2.05, 4.69) is 21.7 Å². The Kier molecular flexibility index (Phi) is 4.41. The van der Waals surface area contributed by atoms with Gasteiger partial charge >= 0.3 is 0 Å². The van der Waals surface area contributed by atoms with E-state index in [-0.39, 0.29) is 11.5 Å². The number of rotatable bonds is 4. The molecule has 2 rings (SSSR count). The Bertz CT molecular complexity index is 459. The Balaban J connectivity index is 1.79. The van der Waals surface area contributed by atoms with E-state index < -0.39 is 5.82 Å². The lowest BCUT2D eigenvalue weighted by Crippen LogP contribution is -2.26. The number of nitrogens with zero attached hydrogens (tertiary/aromatic N) is 1. The van der Waals surface area contributed by atoms with E-state index in [1.54, 1.807) is 0 Å². The highest BCUT2D eigenvalue weighted by atomic mass is 19.1. The summed E-state index contributed by atoms with van der Waals surface area (Å²) < 4.78 is 12.9. The second kappa shape index (κ2) is 6.26. The monoisotopic (exact) mass is 249 g/mol. The molecular weight excluding hydrogens is 233 g/mol. The smallest absolute Gasteiger partial charge is 0.252 e. The Hall–Kier alpha value is -1.75. The summed E-state index contributed by atoms with van der Waals surface area (Å²) >= 11 is 0. The van der Waals surface area contributed by atoms with E-state index in [4.69, 9.17) is 0 Å². The first-order valence-electron chi connectivity index (χ1n) is 6.03. The van der Waals surface area contributed by atoms with Gasteiger partial charge in [0.25, 0.3) is 5.91 Å². The third-order valence-electron chi connectivity index (χ3n) is 2.86. The van der Waals surface area contributed by atoms with Crippen molar-refractivity contribution < 1.29 is 9.18 Å². The summed E-state index contributed by atoms with van der Waals surface area (Å²) in [5.74, 6) is -0.778. The van der Waals surface area contributed by atoms with Crippen molar-refractivity contribution in [3.05, 3.63) is 41.5 Å². The predicted molar refractivity (Wildman–Crippen MR) is 66.7 cm³/mol. The topological polar surface area (TPSA) is 54.0 Å². The molecule has 0 saturated heterocycles. The van der Waals surface area contributed by atoms with Crippen LogP contribution in [0.3, 0.4) is 0 Å². The van der Waals surface area contributed by atoms with Crippen molar-refractivity contribution in [1.82, 2.24) is 15.6 Å². The molecule has 1 aliphatic rings. The van der Waals surface area contributed by atoms with Crippen molar-refractivity contribution in [2.75, 3.05) is 19.6 Å². The minimum atomic E-state index is -0.497. The van der Waals surface area contributed by atoms with E-state index in [9.17, 15) is 9.18 Å². The number of pyridine rings is 1. The molecule has 0 fully saturated rings. The number of carbonyl (C=O) groups is 1. The molecule has 2 heterocycles. The first-order valence-corrected chi connectivity index (χ1v) is 6.03. The summed E-state index contributed by atoms with van der Waals surface area (Å²) in [7, 11) is 0. The molecule has 0 aliphatic carbocycles. The molecule has 0 radical (unpaired) electrons. The number of carbonyl (C=O) groups excluding carboxylic acids is 1. The summed E-state index contributed by atoms with van der Waals surface area (Å²) in [4.78, 5) is 15.3. The van der Waals surface area contributed by atoms with Gasteiger partial charge < -0.3 is 10.6 Å². The molecule has 0 bridgehead atoms. The van der Waals surface area contributed by atoms with Gasteiger partial charge in [-0.1, -0.05) is 11.6 Å². The number of hydrogen-bond donors (Lipinski definition) is 2. The third kappa shape index (κ3) is 3.63. The fourth-order valence-corrected chi connectivity index (χ4v) is 1.87. The fourth-order valence-electron chi connectivity index (χ4n) is 1.87. The number of halogens is 1. The van der Waals surface area contributed by atoms with Crippen molar-refractivity contribution in [2.24, 2.45) is 0 Å². The maximum absolute atomic E-state index is 12.9. The molecule has 4 nitrogen and oxygen atoms in total. The minimum Gasteiger partial charge on any atom is -0.352 e. The van der Waals surface area contributed by atoms with Gasteiger partial charge in [0.1, 0.15) is 5.82 Å². The Morgan fingerprint density at radius 1 is 1.50 bits per heavy atom. The van der Waals surface area contributed by atoms with Gasteiger partial charge in [-0.3, -0.25) is 9.78 Å². The molecule has 2 N–H and O–H groups in total. The van der Waals surface area contributed by atoms with Crippen molar-refractivity contribution in [1.29, 1.82) is 0 Å². The molecule has 1 aromatic heterocycles. The zero-order valence-corrected chi connectivity index (χ0v) is 10.1. The van der Waals surface area contributed by atoms with Gasteiger partial charge in [-0.15, -0.1) is 0 Å². The molecule has 18 heavy (non-hydrogen) atoms. The summed E-state index contributed by atoms with van der Waals surface area (Å²) in [5, 5.41) is 6.00. The van der Waals surface area contributed by atoms with Gasteiger partial charge in [0.05, 0.1) is 11.8 Å². The third-order valence-corrected chi connectivity index (χ3v) is 2.86. The van der Waals surface area contributed by atoms with Crippen LogP contribution in [0.1, 0.15) is 23.2 Å². The van der Waals surface area contributed by atoms with E-state index in [1.165, 1.54) is 17.8 Å². The number of aromatic nitrogens is 1. The Morgan fingerprint density at radius 2 is 2.39 bits per heavy atom. The van der Waals surface area contributed by atoms with Crippen molar-refractivity contribution in [2.45, 2.75) is 12.8 Å². The van der Waals surface area contributed by atoms with Crippen LogP contribution in [0.2, 0.25) is 0 Å². The van der Waals surface area contributed by atoms with Gasteiger partial charge in [-0.05, 0) is 25.5 Å². The van der Waals surface area contributed by atoms with E-state index in [1.807, 2.05) is 0 Å². The fraction of sp³-hybridized carbons (Fsp3) is 0.385. The second-order valence-corrected chi connectivity index (χ2v) is 4.21. The average molecular weight is 249 g/mol. The largest absolute Gasteiger partial charge is 0.352 e. The molecule has 1 aromatic rings. The van der Waals surface area contributed by atoms with Gasteiger partial charge in [0.2, 0.25) is 0 Å². The normalized spacial score (nSPS) is 15.1. The van der Waals surface area contributed by atoms with Crippen molar-refractivity contribution >= 4 is 5.91 Å². The minimum absolute atomic E-state index is 0.259. The van der Waals surface area contributed by atoms with Crippen molar-refractivity contribution in [3.63, 3.8) is 0 Å². The highest BCUT2D eigenvalue weighted by molar-refractivity contribution is 5.93. The van der Waals surface area contributed by atoms with Crippen LogP contribution in [0.15, 0.2) is 30.1 Å². The standard InChI is InChI=1S/C13H16FN3O/c14-12-7-11(8-16-9-12)13(18)17-6-3-10-1-4-15-5-2-10/h1,7-9,15H,2-6H2,(H,17,18). The Labute approximate surface area is 105 Å². The van der Waals surface area contributed by atoms with Gasteiger partial charge in [0.15, 0.2) is 0 Å². The van der Waals surface area contributed by atoms with Crippen LogP contribution in [0.5, 0.6) is 0 Å². The van der Waals surface area contributed by atoms with E-state index in [0.717, 1.165) is 32.1 Å². The summed E-state index contributed by atoms with van der Waals surface area (Å²) in [6.07, 6.45) is 6.46. The average Bonchev–Trinajstić information content (AvgIpc) is 2.40. The number of nitrogens with one attached hydrogen (secondary N) is 2. The first kappa shape index (κ1) is 12.7. The highest BCUT2D eigenvalue weighted by Crippen LogP contribution is 2.08. The number of hydrogen-bond acceptors (Lipinski definition) is 3. The van der Waals surface area contributed by atoms with Crippen LogP contribution in [0.25, 0.3) is 0 Å². The molecule has 96 valence electrons. The molecule has 1 aliphatic heterocycles. The van der Waals surface area contributed by atoms with Gasteiger partial charge in [-0.25, -0.2) is 4.39 Å². The van der Waals surface area contributed by atoms with Crippen LogP contribution >= 0.6 is 0 Å². The van der Waals surface area contributed by atoms with Gasteiger partial charge in [-0.2, -0.15) is 0 Å². The van der Waals surface area contributed by atoms with Gasteiger partial charge in [0, 0.05) is 19.3 Å². The van der Waals surface area contributed by atoms with Crippen LogP contribution in [-0.4, -0.2) is 30.5 Å². The van der Waals surface area contributed by atoms with E-state index >= 15 is 0 Å². The summed E-state index contributed by atoms with van der Waals surface area (Å²) in [6.45, 7) is 2.46. The number of amides is 1. The van der Waals surface area contributed by atoms with Crippen LogP contribution in [0.4, 0.5) is 4.39 Å². The zero-order valence-electron chi connectivity index (χ0n) is 10.1. The van der Waals surface area contributed by atoms with Crippen molar-refractivity contribution in [3.8, 4) is 0 Å². The van der Waals surface area contributed by atoms with Crippen LogP contribution < -0.4 is 10.6 Å². The van der Waals surface area contributed by atoms with Crippen LogP contribution in [-0.2, 0) is 0 Å².